The fourth-order valence-electron chi connectivity index (χ4n) is 2.42. The summed E-state index contributed by atoms with van der Waals surface area (Å²) < 4.78 is 43.9. The van der Waals surface area contributed by atoms with Gasteiger partial charge >= 0.3 is 6.18 Å². The largest absolute Gasteiger partial charge is 0.484 e. The van der Waals surface area contributed by atoms with E-state index in [4.69, 9.17) is 16.3 Å². The SMILES string of the molecule is O=C(COc1cccc(NC(=O)C2CC2)c1)Nc1ccc(Cl)c(C(F)(F)F)c1. The van der Waals surface area contributed by atoms with Gasteiger partial charge in [0.2, 0.25) is 5.91 Å². The Bertz CT molecular complexity index is 898. The van der Waals surface area contributed by atoms with Crippen molar-refractivity contribution in [1.82, 2.24) is 0 Å². The maximum absolute atomic E-state index is 12.9. The van der Waals surface area contributed by atoms with Gasteiger partial charge in [0.15, 0.2) is 6.61 Å². The Morgan fingerprint density at radius 2 is 1.79 bits per heavy atom. The van der Waals surface area contributed by atoms with Crippen molar-refractivity contribution < 1.29 is 27.5 Å². The van der Waals surface area contributed by atoms with Crippen molar-refractivity contribution in [3.05, 3.63) is 53.1 Å². The van der Waals surface area contributed by atoms with E-state index in [1.54, 1.807) is 24.3 Å². The fourth-order valence-corrected chi connectivity index (χ4v) is 2.64. The molecule has 2 N–H and O–H groups in total. The molecular weight excluding hydrogens is 397 g/mol. The summed E-state index contributed by atoms with van der Waals surface area (Å²) in [5.41, 5.74) is -0.537. The second-order valence-corrected chi connectivity index (χ2v) is 6.73. The van der Waals surface area contributed by atoms with Crippen LogP contribution in [0.25, 0.3) is 0 Å². The highest BCUT2D eigenvalue weighted by atomic mass is 35.5. The molecule has 3 rings (SSSR count). The van der Waals surface area contributed by atoms with Crippen LogP contribution in [0.4, 0.5) is 24.5 Å². The fraction of sp³-hybridized carbons (Fsp3) is 0.263. The van der Waals surface area contributed by atoms with Gasteiger partial charge in [-0.25, -0.2) is 0 Å². The highest BCUT2D eigenvalue weighted by Crippen LogP contribution is 2.36. The van der Waals surface area contributed by atoms with Crippen LogP contribution in [0.1, 0.15) is 18.4 Å². The lowest BCUT2D eigenvalue weighted by Gasteiger charge is -2.12. The third-order valence-corrected chi connectivity index (χ3v) is 4.30. The number of hydrogen-bond acceptors (Lipinski definition) is 3. The number of halogens is 4. The van der Waals surface area contributed by atoms with Crippen molar-refractivity contribution in [1.29, 1.82) is 0 Å². The van der Waals surface area contributed by atoms with E-state index in [1.807, 2.05) is 0 Å². The average molecular weight is 413 g/mol. The number of carbonyl (C=O) groups excluding carboxylic acids is 2. The van der Waals surface area contributed by atoms with Gasteiger partial charge in [-0.3, -0.25) is 9.59 Å². The molecule has 1 aliphatic carbocycles. The molecule has 2 aromatic carbocycles. The molecule has 0 radical (unpaired) electrons. The maximum atomic E-state index is 12.9. The zero-order valence-corrected chi connectivity index (χ0v) is 15.2. The minimum absolute atomic E-state index is 0.0456. The molecule has 1 fully saturated rings. The van der Waals surface area contributed by atoms with Crippen molar-refractivity contribution in [2.75, 3.05) is 17.2 Å². The number of anilines is 2. The molecule has 1 aliphatic rings. The summed E-state index contributed by atoms with van der Waals surface area (Å²) in [6.45, 7) is -0.413. The van der Waals surface area contributed by atoms with E-state index in [0.29, 0.717) is 11.4 Å². The van der Waals surface area contributed by atoms with Gasteiger partial charge in [0.1, 0.15) is 5.75 Å². The standard InChI is InChI=1S/C19H16ClF3N2O3/c20-16-7-6-13(9-15(16)19(21,22)23)24-17(26)10-28-14-3-1-2-12(8-14)25-18(27)11-4-5-11/h1-3,6-9,11H,4-5,10H2,(H,24,26)(H,25,27). The van der Waals surface area contributed by atoms with E-state index >= 15 is 0 Å². The molecule has 9 heteroatoms. The van der Waals surface area contributed by atoms with Crippen LogP contribution in [0.5, 0.6) is 5.75 Å². The number of rotatable bonds is 6. The summed E-state index contributed by atoms with van der Waals surface area (Å²) in [6.07, 6.45) is -2.87. The monoisotopic (exact) mass is 412 g/mol. The van der Waals surface area contributed by atoms with Gasteiger partial charge in [-0.15, -0.1) is 0 Å². The Morgan fingerprint density at radius 1 is 1.07 bits per heavy atom. The zero-order chi connectivity index (χ0) is 20.3. The first-order valence-electron chi connectivity index (χ1n) is 8.43. The van der Waals surface area contributed by atoms with Crippen LogP contribution in [0, 0.1) is 5.92 Å². The first kappa shape index (κ1) is 20.0. The normalized spacial score (nSPS) is 13.7. The van der Waals surface area contributed by atoms with Crippen molar-refractivity contribution in [2.24, 2.45) is 5.92 Å². The molecule has 28 heavy (non-hydrogen) atoms. The number of alkyl halides is 3. The molecule has 2 amide bonds. The molecule has 0 saturated heterocycles. The number of benzene rings is 2. The first-order chi connectivity index (χ1) is 13.2. The van der Waals surface area contributed by atoms with Gasteiger partial charge < -0.3 is 15.4 Å². The number of ether oxygens (including phenoxy) is 1. The second-order valence-electron chi connectivity index (χ2n) is 6.32. The zero-order valence-electron chi connectivity index (χ0n) is 14.5. The quantitative estimate of drug-likeness (QED) is 0.721. The lowest BCUT2D eigenvalue weighted by atomic mass is 10.2. The van der Waals surface area contributed by atoms with Crippen molar-refractivity contribution in [3.8, 4) is 5.75 Å². The van der Waals surface area contributed by atoms with Crippen LogP contribution in [0.15, 0.2) is 42.5 Å². The Kier molecular flexibility index (Phi) is 5.79. The highest BCUT2D eigenvalue weighted by molar-refractivity contribution is 6.31. The molecule has 0 aromatic heterocycles. The molecule has 5 nitrogen and oxygen atoms in total. The van der Waals surface area contributed by atoms with Crippen LogP contribution >= 0.6 is 11.6 Å². The van der Waals surface area contributed by atoms with E-state index in [9.17, 15) is 22.8 Å². The third-order valence-electron chi connectivity index (χ3n) is 3.98. The van der Waals surface area contributed by atoms with Crippen LogP contribution in [0.2, 0.25) is 5.02 Å². The van der Waals surface area contributed by atoms with Crippen molar-refractivity contribution >= 4 is 34.8 Å². The Balaban J connectivity index is 1.56. The lowest BCUT2D eigenvalue weighted by Crippen LogP contribution is -2.20. The summed E-state index contributed by atoms with van der Waals surface area (Å²) in [5.74, 6) is -0.298. The van der Waals surface area contributed by atoms with Gasteiger partial charge in [-0.1, -0.05) is 17.7 Å². The van der Waals surface area contributed by atoms with Crippen LogP contribution in [-0.2, 0) is 15.8 Å². The predicted octanol–water partition coefficient (Wildman–Crippen LogP) is 4.72. The van der Waals surface area contributed by atoms with E-state index < -0.39 is 29.3 Å². The summed E-state index contributed by atoms with van der Waals surface area (Å²) in [5, 5.41) is 4.64. The minimum Gasteiger partial charge on any atom is -0.484 e. The maximum Gasteiger partial charge on any atom is 0.417 e. The van der Waals surface area contributed by atoms with Crippen LogP contribution in [-0.4, -0.2) is 18.4 Å². The van der Waals surface area contributed by atoms with Gasteiger partial charge in [0.05, 0.1) is 10.6 Å². The molecule has 0 bridgehead atoms. The molecule has 0 spiro atoms. The molecule has 0 atom stereocenters. The molecule has 1 saturated carbocycles. The van der Waals surface area contributed by atoms with Crippen molar-refractivity contribution in [2.45, 2.75) is 19.0 Å². The summed E-state index contributed by atoms with van der Waals surface area (Å²) >= 11 is 5.55. The van der Waals surface area contributed by atoms with Crippen LogP contribution in [0.3, 0.4) is 0 Å². The molecule has 0 heterocycles. The summed E-state index contributed by atoms with van der Waals surface area (Å²) in [6, 6.07) is 9.61. The van der Waals surface area contributed by atoms with Gasteiger partial charge in [-0.2, -0.15) is 13.2 Å². The molecule has 2 aromatic rings. The molecule has 0 unspecified atom stereocenters. The summed E-state index contributed by atoms with van der Waals surface area (Å²) in [7, 11) is 0. The van der Waals surface area contributed by atoms with E-state index in [2.05, 4.69) is 10.6 Å². The van der Waals surface area contributed by atoms with Gasteiger partial charge in [0, 0.05) is 23.4 Å². The van der Waals surface area contributed by atoms with Crippen LogP contribution < -0.4 is 15.4 Å². The van der Waals surface area contributed by atoms with Gasteiger partial charge in [0.25, 0.3) is 5.91 Å². The summed E-state index contributed by atoms with van der Waals surface area (Å²) in [4.78, 5) is 23.7. The molecular formula is C19H16ClF3N2O3. The number of amides is 2. The van der Waals surface area contributed by atoms with Crippen molar-refractivity contribution in [3.63, 3.8) is 0 Å². The second kappa shape index (κ2) is 8.10. The Hall–Kier alpha value is -2.74. The topological polar surface area (TPSA) is 67.4 Å². The van der Waals surface area contributed by atoms with E-state index in [0.717, 1.165) is 25.0 Å². The Labute approximate surface area is 163 Å². The van der Waals surface area contributed by atoms with Gasteiger partial charge in [-0.05, 0) is 43.2 Å². The smallest absolute Gasteiger partial charge is 0.417 e. The van der Waals surface area contributed by atoms with E-state index in [-0.39, 0.29) is 17.5 Å². The molecule has 148 valence electrons. The molecule has 0 aliphatic heterocycles. The average Bonchev–Trinajstić information content (AvgIpc) is 3.46. The number of hydrogen-bond donors (Lipinski definition) is 2. The Morgan fingerprint density at radius 3 is 2.46 bits per heavy atom. The lowest BCUT2D eigenvalue weighted by molar-refractivity contribution is -0.137. The van der Waals surface area contributed by atoms with E-state index in [1.165, 1.54) is 6.07 Å². The predicted molar refractivity (Wildman–Crippen MR) is 98.4 cm³/mol. The first-order valence-corrected chi connectivity index (χ1v) is 8.80. The minimum atomic E-state index is -4.63. The third kappa shape index (κ3) is 5.39. The number of nitrogens with one attached hydrogen (secondary N) is 2. The highest BCUT2D eigenvalue weighted by Gasteiger charge is 2.33. The number of carbonyl (C=O) groups is 2.